The largest absolute Gasteiger partial charge is 0.494 e. The fourth-order valence-electron chi connectivity index (χ4n) is 4.82. The summed E-state index contributed by atoms with van der Waals surface area (Å²) < 4.78 is 11.9. The van der Waals surface area contributed by atoms with Gasteiger partial charge in [-0.2, -0.15) is 5.26 Å². The highest BCUT2D eigenvalue weighted by Gasteiger charge is 2.35. The van der Waals surface area contributed by atoms with Gasteiger partial charge in [-0.3, -0.25) is 14.6 Å². The number of amides is 1. The van der Waals surface area contributed by atoms with Crippen molar-refractivity contribution in [3.05, 3.63) is 65.7 Å². The number of morpholine rings is 2. The van der Waals surface area contributed by atoms with Crippen LogP contribution in [-0.4, -0.2) is 79.8 Å². The molecule has 0 aromatic heterocycles. The van der Waals surface area contributed by atoms with Gasteiger partial charge in [0.2, 0.25) is 5.91 Å². The Labute approximate surface area is 202 Å². The third kappa shape index (κ3) is 7.29. The molecule has 2 heterocycles. The normalized spacial score (nSPS) is 21.4. The number of benzene rings is 2. The van der Waals surface area contributed by atoms with E-state index in [2.05, 4.69) is 40.2 Å². The topological polar surface area (TPSA) is 77.8 Å². The predicted molar refractivity (Wildman–Crippen MR) is 131 cm³/mol. The van der Waals surface area contributed by atoms with Crippen LogP contribution >= 0.6 is 0 Å². The summed E-state index contributed by atoms with van der Waals surface area (Å²) in [6, 6.07) is 19.7. The van der Waals surface area contributed by atoms with Crippen molar-refractivity contribution in [1.82, 2.24) is 15.1 Å². The number of hydrogen-bond acceptors (Lipinski definition) is 6. The second-order valence-electron chi connectivity index (χ2n) is 9.33. The first kappa shape index (κ1) is 24.2. The molecule has 0 saturated carbocycles. The molecule has 2 saturated heterocycles. The van der Waals surface area contributed by atoms with Crippen molar-refractivity contribution in [2.75, 3.05) is 45.9 Å². The van der Waals surface area contributed by atoms with Crippen LogP contribution in [0.3, 0.4) is 0 Å². The summed E-state index contributed by atoms with van der Waals surface area (Å²) >= 11 is 0. The van der Waals surface area contributed by atoms with Crippen molar-refractivity contribution in [2.45, 2.75) is 38.0 Å². The van der Waals surface area contributed by atoms with Gasteiger partial charge in [0.15, 0.2) is 0 Å². The van der Waals surface area contributed by atoms with Gasteiger partial charge >= 0.3 is 0 Å². The average Bonchev–Trinajstić information content (AvgIpc) is 2.82. The molecule has 3 atom stereocenters. The first-order valence-corrected chi connectivity index (χ1v) is 12.1. The molecule has 0 radical (unpaired) electrons. The average molecular weight is 463 g/mol. The monoisotopic (exact) mass is 462 g/mol. The molecular weight excluding hydrogens is 428 g/mol. The first-order valence-electron chi connectivity index (χ1n) is 12.1. The molecule has 0 aliphatic carbocycles. The number of nitrogens with one attached hydrogen (secondary N) is 1. The predicted octanol–water partition coefficient (Wildman–Crippen LogP) is 2.46. The lowest BCUT2D eigenvalue weighted by Gasteiger charge is -2.45. The van der Waals surface area contributed by atoms with Crippen LogP contribution in [0.1, 0.15) is 24.5 Å². The second kappa shape index (κ2) is 12.0. The molecular formula is C27H34N4O3. The Morgan fingerprint density at radius 1 is 1.09 bits per heavy atom. The quantitative estimate of drug-likeness (QED) is 0.547. The van der Waals surface area contributed by atoms with Crippen molar-refractivity contribution in [3.63, 3.8) is 0 Å². The van der Waals surface area contributed by atoms with E-state index in [0.29, 0.717) is 18.7 Å². The van der Waals surface area contributed by atoms with Crippen molar-refractivity contribution in [3.8, 4) is 11.8 Å². The van der Waals surface area contributed by atoms with Gasteiger partial charge in [0.05, 0.1) is 37.0 Å². The third-order valence-electron chi connectivity index (χ3n) is 6.26. The van der Waals surface area contributed by atoms with Crippen LogP contribution in [0.2, 0.25) is 0 Å². The molecule has 180 valence electrons. The standard InChI is InChI=1S/C27H34N4O3/c1-21(14-22-6-3-2-4-7-22)29-27(32)20-31-18-25-16-30(17-26(19-31)34-25)12-5-13-33-24-10-8-23(15-28)9-11-24/h2-4,6-11,21,25-26H,5,12-14,16-20H2,1H3,(H,29,32). The highest BCUT2D eigenvalue weighted by molar-refractivity contribution is 5.78. The van der Waals surface area contributed by atoms with Crippen LogP contribution in [0, 0.1) is 11.3 Å². The summed E-state index contributed by atoms with van der Waals surface area (Å²) in [7, 11) is 0. The molecule has 0 spiro atoms. The van der Waals surface area contributed by atoms with Gasteiger partial charge in [-0.1, -0.05) is 30.3 Å². The van der Waals surface area contributed by atoms with Crippen LogP contribution in [0.15, 0.2) is 54.6 Å². The van der Waals surface area contributed by atoms with Crippen molar-refractivity contribution in [1.29, 1.82) is 5.26 Å². The lowest BCUT2D eigenvalue weighted by Crippen LogP contribution is -2.60. The Balaban J connectivity index is 1.14. The van der Waals surface area contributed by atoms with Gasteiger partial charge in [-0.25, -0.2) is 0 Å². The van der Waals surface area contributed by atoms with Crippen LogP contribution in [0.25, 0.3) is 0 Å². The molecule has 1 N–H and O–H groups in total. The molecule has 2 aromatic carbocycles. The van der Waals surface area contributed by atoms with Gasteiger partial charge in [0, 0.05) is 38.8 Å². The smallest absolute Gasteiger partial charge is 0.234 e. The van der Waals surface area contributed by atoms with Crippen LogP contribution in [0.4, 0.5) is 0 Å². The highest BCUT2D eigenvalue weighted by Crippen LogP contribution is 2.19. The number of nitrogens with zero attached hydrogens (tertiary/aromatic N) is 3. The van der Waals surface area contributed by atoms with Crippen LogP contribution in [0.5, 0.6) is 5.75 Å². The Morgan fingerprint density at radius 2 is 1.76 bits per heavy atom. The number of hydrogen-bond donors (Lipinski definition) is 1. The summed E-state index contributed by atoms with van der Waals surface area (Å²) in [5, 5.41) is 12.0. The molecule has 7 nitrogen and oxygen atoms in total. The SMILES string of the molecule is CC(Cc1ccccc1)NC(=O)CN1CC2CN(CCCOc3ccc(C#N)cc3)CC(C1)O2. The summed E-state index contributed by atoms with van der Waals surface area (Å²) in [6.45, 7) is 7.43. The van der Waals surface area contributed by atoms with E-state index in [0.717, 1.165) is 51.3 Å². The van der Waals surface area contributed by atoms with Gasteiger partial charge in [0.1, 0.15) is 5.75 Å². The number of fused-ring (bicyclic) bond motifs is 2. The summed E-state index contributed by atoms with van der Waals surface area (Å²) in [5.41, 5.74) is 1.87. The minimum atomic E-state index is 0.0835. The Hall–Kier alpha value is -2.92. The lowest BCUT2D eigenvalue weighted by molar-refractivity contribution is -0.145. The Kier molecular flexibility index (Phi) is 8.53. The highest BCUT2D eigenvalue weighted by atomic mass is 16.5. The molecule has 2 aromatic rings. The number of ether oxygens (including phenoxy) is 2. The summed E-state index contributed by atoms with van der Waals surface area (Å²) in [5.74, 6) is 0.880. The van der Waals surface area contributed by atoms with Crippen LogP contribution in [-0.2, 0) is 16.0 Å². The molecule has 2 aliphatic rings. The van der Waals surface area contributed by atoms with Crippen LogP contribution < -0.4 is 10.1 Å². The number of nitriles is 1. The van der Waals surface area contributed by atoms with Crippen molar-refractivity contribution in [2.24, 2.45) is 0 Å². The molecule has 7 heteroatoms. The molecule has 2 aliphatic heterocycles. The van der Waals surface area contributed by atoms with Crippen molar-refractivity contribution >= 4 is 5.91 Å². The van der Waals surface area contributed by atoms with Crippen molar-refractivity contribution < 1.29 is 14.3 Å². The fraction of sp³-hybridized carbons (Fsp3) is 0.481. The molecule has 2 fully saturated rings. The van der Waals surface area contributed by atoms with E-state index in [1.165, 1.54) is 5.56 Å². The maximum atomic E-state index is 12.6. The molecule has 4 rings (SSSR count). The maximum Gasteiger partial charge on any atom is 0.234 e. The Bertz CT molecular complexity index is 946. The first-order chi connectivity index (χ1) is 16.6. The molecule has 34 heavy (non-hydrogen) atoms. The van der Waals surface area contributed by atoms with E-state index in [1.807, 2.05) is 30.3 Å². The zero-order valence-corrected chi connectivity index (χ0v) is 19.9. The van der Waals surface area contributed by atoms with E-state index >= 15 is 0 Å². The minimum Gasteiger partial charge on any atom is -0.494 e. The molecule has 2 bridgehead atoms. The van der Waals surface area contributed by atoms with Gasteiger partial charge in [0.25, 0.3) is 0 Å². The van der Waals surface area contributed by atoms with Gasteiger partial charge in [-0.15, -0.1) is 0 Å². The van der Waals surface area contributed by atoms with E-state index in [9.17, 15) is 4.79 Å². The number of carbonyl (C=O) groups excluding carboxylic acids is 1. The third-order valence-corrected chi connectivity index (χ3v) is 6.26. The minimum absolute atomic E-state index is 0.0835. The molecule has 3 unspecified atom stereocenters. The fourth-order valence-corrected chi connectivity index (χ4v) is 4.82. The number of carbonyl (C=O) groups is 1. The Morgan fingerprint density at radius 3 is 2.44 bits per heavy atom. The number of rotatable bonds is 10. The zero-order valence-electron chi connectivity index (χ0n) is 19.9. The summed E-state index contributed by atoms with van der Waals surface area (Å²) in [6.07, 6.45) is 2.05. The zero-order chi connectivity index (χ0) is 23.8. The van der Waals surface area contributed by atoms with E-state index < -0.39 is 0 Å². The van der Waals surface area contributed by atoms with E-state index in [4.69, 9.17) is 14.7 Å². The summed E-state index contributed by atoms with van der Waals surface area (Å²) in [4.78, 5) is 17.3. The molecule has 1 amide bonds. The second-order valence-corrected chi connectivity index (χ2v) is 9.33. The van der Waals surface area contributed by atoms with E-state index in [-0.39, 0.29) is 24.2 Å². The van der Waals surface area contributed by atoms with Gasteiger partial charge < -0.3 is 14.8 Å². The van der Waals surface area contributed by atoms with E-state index in [1.54, 1.807) is 12.1 Å². The lowest BCUT2D eigenvalue weighted by atomic mass is 10.1. The maximum absolute atomic E-state index is 12.6. The van der Waals surface area contributed by atoms with Gasteiger partial charge in [-0.05, 0) is 49.6 Å².